The summed E-state index contributed by atoms with van der Waals surface area (Å²) >= 11 is 23.5. The normalized spacial score (nSPS) is 11.8. The standard InChI is InChI=1S/C19H15Cl3N2O2S/c20-14-3-1-13(2-4-14)11-25-19(27)26-18(10-24-8-7-23-12-24)16-6-5-15(21)9-17(16)22/h1-9,12,18H,10-11H2. The third-order valence-corrected chi connectivity index (χ3v) is 4.78. The van der Waals surface area contributed by atoms with Crippen LogP contribution in [0.2, 0.25) is 15.1 Å². The first-order valence-electron chi connectivity index (χ1n) is 8.00. The Kier molecular flexibility index (Phi) is 6.96. The predicted molar refractivity (Wildman–Crippen MR) is 111 cm³/mol. The quantitative estimate of drug-likeness (QED) is 0.433. The first kappa shape index (κ1) is 20.0. The van der Waals surface area contributed by atoms with Gasteiger partial charge in [0.15, 0.2) is 0 Å². The number of imidazole rings is 1. The van der Waals surface area contributed by atoms with E-state index in [2.05, 4.69) is 4.98 Å². The van der Waals surface area contributed by atoms with Crippen molar-refractivity contribution >= 4 is 52.3 Å². The fraction of sp³-hybridized carbons (Fsp3) is 0.158. The van der Waals surface area contributed by atoms with Crippen molar-refractivity contribution in [3.63, 3.8) is 0 Å². The van der Waals surface area contributed by atoms with Crippen LogP contribution in [0.15, 0.2) is 61.2 Å². The molecule has 0 radical (unpaired) electrons. The van der Waals surface area contributed by atoms with Crippen LogP contribution in [-0.4, -0.2) is 14.8 Å². The van der Waals surface area contributed by atoms with Gasteiger partial charge in [-0.25, -0.2) is 4.98 Å². The van der Waals surface area contributed by atoms with Crippen molar-refractivity contribution in [3.8, 4) is 0 Å². The molecule has 0 saturated carbocycles. The van der Waals surface area contributed by atoms with Gasteiger partial charge in [-0.05, 0) is 29.8 Å². The van der Waals surface area contributed by atoms with Gasteiger partial charge in [0.1, 0.15) is 12.7 Å². The van der Waals surface area contributed by atoms with Crippen molar-refractivity contribution in [2.24, 2.45) is 0 Å². The Morgan fingerprint density at radius 3 is 2.48 bits per heavy atom. The number of halogens is 3. The van der Waals surface area contributed by atoms with Crippen LogP contribution in [0.5, 0.6) is 0 Å². The summed E-state index contributed by atoms with van der Waals surface area (Å²) in [5, 5.41) is 1.73. The maximum absolute atomic E-state index is 6.35. The van der Waals surface area contributed by atoms with E-state index < -0.39 is 6.10 Å². The van der Waals surface area contributed by atoms with Gasteiger partial charge in [-0.2, -0.15) is 0 Å². The molecule has 140 valence electrons. The van der Waals surface area contributed by atoms with Crippen LogP contribution >= 0.6 is 47.0 Å². The van der Waals surface area contributed by atoms with Gasteiger partial charge in [0.2, 0.25) is 0 Å². The molecule has 1 aromatic heterocycles. The van der Waals surface area contributed by atoms with E-state index in [0.29, 0.717) is 21.6 Å². The van der Waals surface area contributed by atoms with Crippen molar-refractivity contribution < 1.29 is 9.47 Å². The van der Waals surface area contributed by atoms with Crippen LogP contribution in [-0.2, 0) is 22.6 Å². The van der Waals surface area contributed by atoms with E-state index in [1.165, 1.54) is 0 Å². The molecule has 4 nitrogen and oxygen atoms in total. The van der Waals surface area contributed by atoms with E-state index in [9.17, 15) is 0 Å². The average molecular weight is 442 g/mol. The molecule has 0 aliphatic carbocycles. The Hall–Kier alpha value is -1.79. The minimum atomic E-state index is -0.457. The second-order valence-corrected chi connectivity index (χ2v) is 7.31. The molecule has 3 aromatic rings. The molecule has 1 unspecified atom stereocenters. The Balaban J connectivity index is 1.70. The monoisotopic (exact) mass is 440 g/mol. The summed E-state index contributed by atoms with van der Waals surface area (Å²) in [6.07, 6.45) is 4.76. The van der Waals surface area contributed by atoms with E-state index >= 15 is 0 Å². The Labute approximate surface area is 177 Å². The van der Waals surface area contributed by atoms with Gasteiger partial charge < -0.3 is 14.0 Å². The molecule has 0 bridgehead atoms. The topological polar surface area (TPSA) is 36.3 Å². The lowest BCUT2D eigenvalue weighted by atomic mass is 10.1. The first-order valence-corrected chi connectivity index (χ1v) is 9.54. The molecule has 0 fully saturated rings. The van der Waals surface area contributed by atoms with Crippen molar-refractivity contribution in [2.75, 3.05) is 0 Å². The second-order valence-electron chi connectivity index (χ2n) is 5.70. The molecule has 3 rings (SSSR count). The summed E-state index contributed by atoms with van der Waals surface area (Å²) in [4.78, 5) is 4.05. The van der Waals surface area contributed by atoms with Gasteiger partial charge in [-0.1, -0.05) is 53.0 Å². The van der Waals surface area contributed by atoms with E-state index in [4.69, 9.17) is 56.5 Å². The van der Waals surface area contributed by atoms with E-state index in [1.807, 2.05) is 29.0 Å². The lowest BCUT2D eigenvalue weighted by Crippen LogP contribution is -2.17. The minimum Gasteiger partial charge on any atom is -0.452 e. The van der Waals surface area contributed by atoms with Crippen LogP contribution < -0.4 is 0 Å². The van der Waals surface area contributed by atoms with Gasteiger partial charge in [-0.15, -0.1) is 0 Å². The Morgan fingerprint density at radius 1 is 1.07 bits per heavy atom. The number of hydrogen-bond donors (Lipinski definition) is 0. The Bertz CT molecular complexity index is 902. The SMILES string of the molecule is S=C(OCc1ccc(Cl)cc1)OC(Cn1ccnc1)c1ccc(Cl)cc1Cl. The van der Waals surface area contributed by atoms with E-state index in [0.717, 1.165) is 11.1 Å². The number of thiocarbonyl (C=S) groups is 1. The van der Waals surface area contributed by atoms with Crippen LogP contribution in [0.25, 0.3) is 0 Å². The predicted octanol–water partition coefficient (Wildman–Crippen LogP) is 6.10. The highest BCUT2D eigenvalue weighted by Crippen LogP contribution is 2.30. The average Bonchev–Trinajstić information content (AvgIpc) is 3.14. The second kappa shape index (κ2) is 9.42. The zero-order valence-corrected chi connectivity index (χ0v) is 17.1. The molecule has 0 saturated heterocycles. The lowest BCUT2D eigenvalue weighted by Gasteiger charge is -2.21. The summed E-state index contributed by atoms with van der Waals surface area (Å²) in [6.45, 7) is 0.744. The number of rotatable bonds is 6. The summed E-state index contributed by atoms with van der Waals surface area (Å²) in [5.74, 6) is 0. The molecule has 1 heterocycles. The fourth-order valence-electron chi connectivity index (χ4n) is 2.42. The maximum atomic E-state index is 6.35. The number of benzene rings is 2. The third kappa shape index (κ3) is 5.84. The fourth-order valence-corrected chi connectivity index (χ4v) is 3.25. The molecule has 27 heavy (non-hydrogen) atoms. The molecular formula is C19H15Cl3N2O2S. The number of nitrogens with zero attached hydrogens (tertiary/aromatic N) is 2. The molecule has 0 amide bonds. The van der Waals surface area contributed by atoms with Gasteiger partial charge in [0.05, 0.1) is 12.9 Å². The van der Waals surface area contributed by atoms with Crippen LogP contribution in [0.1, 0.15) is 17.2 Å². The molecule has 0 N–H and O–H groups in total. The van der Waals surface area contributed by atoms with Crippen LogP contribution in [0, 0.1) is 0 Å². The zero-order valence-electron chi connectivity index (χ0n) is 14.0. The molecule has 0 aliphatic rings. The molecule has 8 heteroatoms. The minimum absolute atomic E-state index is 0.0288. The summed E-state index contributed by atoms with van der Waals surface area (Å²) in [5.41, 5.74) is 1.69. The van der Waals surface area contributed by atoms with Gasteiger partial charge in [0, 0.05) is 45.2 Å². The number of aromatic nitrogens is 2. The zero-order chi connectivity index (χ0) is 19.2. The van der Waals surface area contributed by atoms with Crippen molar-refractivity contribution in [1.82, 2.24) is 9.55 Å². The largest absolute Gasteiger partial charge is 0.452 e. The highest BCUT2D eigenvalue weighted by Gasteiger charge is 2.20. The van der Waals surface area contributed by atoms with Gasteiger partial charge >= 0.3 is 5.24 Å². The summed E-state index contributed by atoms with van der Waals surface area (Å²) in [7, 11) is 0. The molecule has 0 spiro atoms. The number of hydrogen-bond acceptors (Lipinski definition) is 4. The lowest BCUT2D eigenvalue weighted by molar-refractivity contribution is 0.101. The first-order chi connectivity index (χ1) is 13.0. The smallest absolute Gasteiger partial charge is 0.353 e. The molecular weight excluding hydrogens is 427 g/mol. The van der Waals surface area contributed by atoms with Crippen molar-refractivity contribution in [3.05, 3.63) is 87.4 Å². The van der Waals surface area contributed by atoms with E-state index in [1.54, 1.807) is 36.8 Å². The van der Waals surface area contributed by atoms with Gasteiger partial charge in [-0.3, -0.25) is 0 Å². The summed E-state index contributed by atoms with van der Waals surface area (Å²) < 4.78 is 13.3. The molecule has 2 aromatic carbocycles. The maximum Gasteiger partial charge on any atom is 0.353 e. The van der Waals surface area contributed by atoms with Gasteiger partial charge in [0.25, 0.3) is 0 Å². The third-order valence-electron chi connectivity index (χ3n) is 3.75. The summed E-state index contributed by atoms with van der Waals surface area (Å²) in [6, 6.07) is 12.5. The van der Waals surface area contributed by atoms with Crippen molar-refractivity contribution in [2.45, 2.75) is 19.3 Å². The van der Waals surface area contributed by atoms with Crippen LogP contribution in [0.3, 0.4) is 0 Å². The molecule has 1 atom stereocenters. The highest BCUT2D eigenvalue weighted by atomic mass is 35.5. The molecule has 0 aliphatic heterocycles. The highest BCUT2D eigenvalue weighted by molar-refractivity contribution is 7.79. The van der Waals surface area contributed by atoms with Crippen molar-refractivity contribution in [1.29, 1.82) is 0 Å². The number of ether oxygens (including phenoxy) is 2. The Morgan fingerprint density at radius 2 is 1.81 bits per heavy atom. The van der Waals surface area contributed by atoms with E-state index in [-0.39, 0.29) is 11.8 Å². The van der Waals surface area contributed by atoms with Crippen LogP contribution in [0.4, 0.5) is 0 Å².